The average molecular weight is 395 g/mol. The van der Waals surface area contributed by atoms with E-state index in [2.05, 4.69) is 22.3 Å². The van der Waals surface area contributed by atoms with Gasteiger partial charge in [-0.05, 0) is 68.7 Å². The first-order chi connectivity index (χ1) is 14.0. The fourth-order valence-electron chi connectivity index (χ4n) is 3.54. The van der Waals surface area contributed by atoms with Crippen molar-refractivity contribution in [3.63, 3.8) is 0 Å². The summed E-state index contributed by atoms with van der Waals surface area (Å²) in [6.45, 7) is 8.48. The van der Waals surface area contributed by atoms with E-state index in [0.29, 0.717) is 6.61 Å². The lowest BCUT2D eigenvalue weighted by molar-refractivity contribution is -0.126. The van der Waals surface area contributed by atoms with E-state index in [1.54, 1.807) is 0 Å². The lowest BCUT2D eigenvalue weighted by atomic mass is 10.1. The first kappa shape index (κ1) is 19.6. The Morgan fingerprint density at radius 2 is 1.72 bits per heavy atom. The Kier molecular flexibility index (Phi) is 5.39. The molecule has 1 unspecified atom stereocenters. The predicted octanol–water partition coefficient (Wildman–Crippen LogP) is 4.33. The molecule has 0 radical (unpaired) electrons. The second-order valence-corrected chi connectivity index (χ2v) is 8.40. The zero-order chi connectivity index (χ0) is 20.4. The minimum Gasteiger partial charge on any atom is -0.494 e. The fourth-order valence-corrected chi connectivity index (χ4v) is 3.54. The Labute approximate surface area is 173 Å². The Bertz CT molecular complexity index is 837. The molecule has 1 N–H and O–H groups in total. The number of amides is 1. The standard InChI is InChI=1S/C24H30N2O3/c1-4-28-20-11-7-19(8-12-20)26-15-22(16-26)29-21-9-5-18(6-10-21)17(2)25-23(27)24(3)13-14-24/h5-12,17,22H,4,13-16H2,1-3H3,(H,25,27). The van der Waals surface area contributed by atoms with E-state index >= 15 is 0 Å². The molecule has 0 bridgehead atoms. The van der Waals surface area contributed by atoms with Crippen LogP contribution in [-0.4, -0.2) is 31.7 Å². The number of nitrogens with zero attached hydrogens (tertiary/aromatic N) is 1. The highest BCUT2D eigenvalue weighted by Gasteiger charge is 2.45. The number of carbonyl (C=O) groups excluding carboxylic acids is 1. The van der Waals surface area contributed by atoms with Crippen molar-refractivity contribution in [2.45, 2.75) is 45.8 Å². The smallest absolute Gasteiger partial charge is 0.226 e. The molecule has 1 saturated heterocycles. The molecule has 1 heterocycles. The maximum Gasteiger partial charge on any atom is 0.226 e. The summed E-state index contributed by atoms with van der Waals surface area (Å²) < 4.78 is 11.6. The Hall–Kier alpha value is -2.69. The van der Waals surface area contributed by atoms with Crippen LogP contribution < -0.4 is 19.7 Å². The minimum absolute atomic E-state index is 0.00725. The van der Waals surface area contributed by atoms with Crippen LogP contribution in [0.1, 0.15) is 45.2 Å². The summed E-state index contributed by atoms with van der Waals surface area (Å²) in [5, 5.41) is 3.12. The Balaban J connectivity index is 1.25. The van der Waals surface area contributed by atoms with Gasteiger partial charge in [0.05, 0.1) is 25.7 Å². The molecule has 0 spiro atoms. The van der Waals surface area contributed by atoms with Crippen LogP contribution in [0.15, 0.2) is 48.5 Å². The quantitative estimate of drug-likeness (QED) is 0.724. The Morgan fingerprint density at radius 3 is 2.31 bits per heavy atom. The van der Waals surface area contributed by atoms with E-state index in [4.69, 9.17) is 9.47 Å². The maximum absolute atomic E-state index is 12.2. The molecular weight excluding hydrogens is 364 g/mol. The number of hydrogen-bond donors (Lipinski definition) is 1. The summed E-state index contributed by atoms with van der Waals surface area (Å²) in [5.41, 5.74) is 2.15. The number of anilines is 1. The molecule has 29 heavy (non-hydrogen) atoms. The van der Waals surface area contributed by atoms with Crippen LogP contribution in [-0.2, 0) is 4.79 Å². The molecule has 2 aromatic carbocycles. The van der Waals surface area contributed by atoms with E-state index < -0.39 is 0 Å². The van der Waals surface area contributed by atoms with Gasteiger partial charge < -0.3 is 19.7 Å². The van der Waals surface area contributed by atoms with Gasteiger partial charge in [0.25, 0.3) is 0 Å². The van der Waals surface area contributed by atoms with Crippen molar-refractivity contribution in [2.24, 2.45) is 5.41 Å². The van der Waals surface area contributed by atoms with E-state index in [1.165, 1.54) is 5.69 Å². The second kappa shape index (κ2) is 7.97. The van der Waals surface area contributed by atoms with Gasteiger partial charge in [-0.25, -0.2) is 0 Å². The molecule has 154 valence electrons. The molecule has 1 atom stereocenters. The van der Waals surface area contributed by atoms with Crippen LogP contribution >= 0.6 is 0 Å². The van der Waals surface area contributed by atoms with Gasteiger partial charge in [-0.15, -0.1) is 0 Å². The molecule has 1 amide bonds. The Morgan fingerprint density at radius 1 is 1.10 bits per heavy atom. The minimum atomic E-state index is -0.142. The van der Waals surface area contributed by atoms with Crippen LogP contribution in [0, 0.1) is 5.41 Å². The first-order valence-corrected chi connectivity index (χ1v) is 10.5. The molecule has 2 aromatic rings. The first-order valence-electron chi connectivity index (χ1n) is 10.5. The van der Waals surface area contributed by atoms with Gasteiger partial charge in [-0.3, -0.25) is 4.79 Å². The number of hydrogen-bond acceptors (Lipinski definition) is 4. The van der Waals surface area contributed by atoms with Crippen molar-refractivity contribution in [3.8, 4) is 11.5 Å². The molecule has 2 fully saturated rings. The van der Waals surface area contributed by atoms with Crippen LogP contribution in [0.4, 0.5) is 5.69 Å². The highest BCUT2D eigenvalue weighted by atomic mass is 16.5. The molecule has 0 aromatic heterocycles. The molecule has 1 saturated carbocycles. The number of ether oxygens (including phenoxy) is 2. The summed E-state index contributed by atoms with van der Waals surface area (Å²) in [7, 11) is 0. The van der Waals surface area contributed by atoms with Crippen LogP contribution in [0.2, 0.25) is 0 Å². The highest BCUT2D eigenvalue weighted by Crippen LogP contribution is 2.45. The van der Waals surface area contributed by atoms with Crippen molar-refractivity contribution in [3.05, 3.63) is 54.1 Å². The topological polar surface area (TPSA) is 50.8 Å². The summed E-state index contributed by atoms with van der Waals surface area (Å²) >= 11 is 0. The molecule has 5 nitrogen and oxygen atoms in total. The van der Waals surface area contributed by atoms with E-state index in [9.17, 15) is 4.79 Å². The summed E-state index contributed by atoms with van der Waals surface area (Å²) in [6, 6.07) is 16.3. The lowest BCUT2D eigenvalue weighted by Crippen LogP contribution is -2.54. The molecule has 4 rings (SSSR count). The van der Waals surface area contributed by atoms with Crippen molar-refractivity contribution in [1.29, 1.82) is 0 Å². The van der Waals surface area contributed by atoms with Gasteiger partial charge in [-0.2, -0.15) is 0 Å². The van der Waals surface area contributed by atoms with E-state index in [-0.39, 0.29) is 23.5 Å². The van der Waals surface area contributed by atoms with Gasteiger partial charge in [-0.1, -0.05) is 19.1 Å². The maximum atomic E-state index is 12.2. The molecule has 2 aliphatic rings. The van der Waals surface area contributed by atoms with Gasteiger partial charge in [0.15, 0.2) is 0 Å². The number of nitrogens with one attached hydrogen (secondary N) is 1. The van der Waals surface area contributed by atoms with Crippen molar-refractivity contribution >= 4 is 11.6 Å². The monoisotopic (exact) mass is 394 g/mol. The second-order valence-electron chi connectivity index (χ2n) is 8.40. The van der Waals surface area contributed by atoms with Crippen molar-refractivity contribution < 1.29 is 14.3 Å². The van der Waals surface area contributed by atoms with Gasteiger partial charge in [0, 0.05) is 11.1 Å². The van der Waals surface area contributed by atoms with E-state index in [1.807, 2.05) is 57.2 Å². The molecule has 1 aliphatic carbocycles. The number of benzene rings is 2. The number of rotatable bonds is 8. The normalized spacial score (nSPS) is 18.5. The van der Waals surface area contributed by atoms with Crippen LogP contribution in [0.5, 0.6) is 11.5 Å². The third-order valence-corrected chi connectivity index (χ3v) is 5.94. The third kappa shape index (κ3) is 4.50. The lowest BCUT2D eigenvalue weighted by Gasteiger charge is -2.40. The van der Waals surface area contributed by atoms with Gasteiger partial charge >= 0.3 is 0 Å². The highest BCUT2D eigenvalue weighted by molar-refractivity contribution is 5.85. The molecule has 1 aliphatic heterocycles. The van der Waals surface area contributed by atoms with Crippen molar-refractivity contribution in [1.82, 2.24) is 5.32 Å². The molecule has 5 heteroatoms. The largest absolute Gasteiger partial charge is 0.494 e. The summed E-state index contributed by atoms with van der Waals surface area (Å²) in [5.74, 6) is 1.94. The van der Waals surface area contributed by atoms with Crippen LogP contribution in [0.3, 0.4) is 0 Å². The van der Waals surface area contributed by atoms with Gasteiger partial charge in [0.1, 0.15) is 17.6 Å². The zero-order valence-corrected chi connectivity index (χ0v) is 17.5. The van der Waals surface area contributed by atoms with Gasteiger partial charge in [0.2, 0.25) is 5.91 Å². The molecular formula is C24H30N2O3. The fraction of sp³-hybridized carbons (Fsp3) is 0.458. The summed E-state index contributed by atoms with van der Waals surface area (Å²) in [4.78, 5) is 14.5. The SMILES string of the molecule is CCOc1ccc(N2CC(Oc3ccc(C(C)NC(=O)C4(C)CC4)cc3)C2)cc1. The van der Waals surface area contributed by atoms with E-state index in [0.717, 1.165) is 43.0 Å². The predicted molar refractivity (Wildman–Crippen MR) is 115 cm³/mol. The summed E-state index contributed by atoms with van der Waals surface area (Å²) in [6.07, 6.45) is 2.18. The van der Waals surface area contributed by atoms with Crippen LogP contribution in [0.25, 0.3) is 0 Å². The zero-order valence-electron chi connectivity index (χ0n) is 17.5. The average Bonchev–Trinajstić information content (AvgIpc) is 3.45. The number of carbonyl (C=O) groups is 1. The third-order valence-electron chi connectivity index (χ3n) is 5.94. The van der Waals surface area contributed by atoms with Crippen molar-refractivity contribution in [2.75, 3.05) is 24.6 Å².